The molecule has 3 aliphatic carbocycles. The Balaban J connectivity index is 1.53. The molecule has 4 N–H and O–H groups in total. The van der Waals surface area contributed by atoms with Gasteiger partial charge in [0, 0.05) is 25.2 Å². The number of hydrogen-bond donors (Lipinski definition) is 4. The average molecular weight is 850 g/mol. The lowest BCUT2D eigenvalue weighted by Gasteiger charge is -2.67. The number of aliphatic hydroxyl groups is 3. The minimum atomic E-state index is -2.40. The topological polar surface area (TPSA) is 231 Å². The predicted octanol–water partition coefficient (Wildman–Crippen LogP) is 3.69. The molecule has 6 rings (SSSR count). The first-order valence-electron chi connectivity index (χ1n) is 20.2. The Morgan fingerprint density at radius 1 is 0.918 bits per heavy atom. The van der Waals surface area contributed by atoms with Crippen LogP contribution in [0.5, 0.6) is 0 Å². The summed E-state index contributed by atoms with van der Waals surface area (Å²) >= 11 is 0. The number of carbonyl (C=O) groups excluding carboxylic acids is 6. The molecule has 2 aromatic rings. The van der Waals surface area contributed by atoms with E-state index < -0.39 is 118 Å². The number of benzene rings is 2. The van der Waals surface area contributed by atoms with E-state index in [1.165, 1.54) is 39.8 Å². The van der Waals surface area contributed by atoms with Gasteiger partial charge in [-0.25, -0.2) is 9.59 Å². The first kappa shape index (κ1) is 45.4. The number of hydrogen-bond acceptors (Lipinski definition) is 15. The summed E-state index contributed by atoms with van der Waals surface area (Å²) in [4.78, 5) is 83.6. The molecule has 0 spiro atoms. The van der Waals surface area contributed by atoms with E-state index in [0.29, 0.717) is 5.56 Å². The maximum Gasteiger partial charge on any atom is 0.408 e. The van der Waals surface area contributed by atoms with Gasteiger partial charge < -0.3 is 49.1 Å². The summed E-state index contributed by atoms with van der Waals surface area (Å²) in [7, 11) is 1.05. The van der Waals surface area contributed by atoms with Gasteiger partial charge >= 0.3 is 30.0 Å². The second-order valence-corrected chi connectivity index (χ2v) is 18.1. The van der Waals surface area contributed by atoms with Crippen molar-refractivity contribution in [3.05, 3.63) is 82.9 Å². The molecule has 330 valence electrons. The third kappa shape index (κ3) is 7.72. The standard InChI is InChI=1S/C45H55NO15/c1-23-27(58-39(53)30(38(52)56-9)32(25-16-12-10-13-17-25)46-40(54)61-41(3,4)5)21-45(55)36(59-37(51)26-18-14-11-15-19-26)34-43(8,35(50)33(49)31(23)42(45,6)7)28(48)20-29-44(34,22-57-29)60-24(2)47/h10-19,27-30,32-34,36,48-49,55H,20-22H2,1-9H3,(H,46,54)/t27-,28-,29?,30-,32+,33+,34-,36-,43+,44-,45+/m0/s1. The molecule has 0 aromatic heterocycles. The van der Waals surface area contributed by atoms with E-state index in [-0.39, 0.29) is 29.7 Å². The molecule has 16 nitrogen and oxygen atoms in total. The molecular weight excluding hydrogens is 794 g/mol. The number of alkyl carbamates (subject to hydrolysis) is 1. The van der Waals surface area contributed by atoms with Crippen LogP contribution in [0.2, 0.25) is 0 Å². The summed E-state index contributed by atoms with van der Waals surface area (Å²) in [5.41, 5.74) is -8.42. The second kappa shape index (κ2) is 16.3. The van der Waals surface area contributed by atoms with E-state index in [1.54, 1.807) is 69.3 Å². The van der Waals surface area contributed by atoms with Gasteiger partial charge in [0.2, 0.25) is 0 Å². The summed E-state index contributed by atoms with van der Waals surface area (Å²) in [6, 6.07) is 14.5. The molecule has 11 atom stereocenters. The normalized spacial score (nSPS) is 32.5. The molecule has 3 fully saturated rings. The summed E-state index contributed by atoms with van der Waals surface area (Å²) in [5, 5.41) is 40.3. The summed E-state index contributed by atoms with van der Waals surface area (Å²) in [5.74, 6) is -8.40. The fourth-order valence-electron chi connectivity index (χ4n) is 9.94. The van der Waals surface area contributed by atoms with Crippen molar-refractivity contribution in [2.24, 2.45) is 22.7 Å². The van der Waals surface area contributed by atoms with E-state index in [9.17, 15) is 39.3 Å². The van der Waals surface area contributed by atoms with Crippen LogP contribution in [0.3, 0.4) is 0 Å². The summed E-state index contributed by atoms with van der Waals surface area (Å²) < 4.78 is 34.9. The zero-order chi connectivity index (χ0) is 45.0. The zero-order valence-electron chi connectivity index (χ0n) is 35.8. The Bertz CT molecular complexity index is 2100. The third-order valence-electron chi connectivity index (χ3n) is 13.1. The van der Waals surface area contributed by atoms with Crippen LogP contribution in [0.25, 0.3) is 0 Å². The van der Waals surface area contributed by atoms with Crippen LogP contribution in [0.15, 0.2) is 71.8 Å². The highest BCUT2D eigenvalue weighted by molar-refractivity contribution is 5.97. The van der Waals surface area contributed by atoms with Gasteiger partial charge in [-0.2, -0.15) is 0 Å². The lowest BCUT2D eigenvalue weighted by atomic mass is 9.44. The van der Waals surface area contributed by atoms with E-state index in [2.05, 4.69) is 5.32 Å². The van der Waals surface area contributed by atoms with Crippen molar-refractivity contribution in [1.82, 2.24) is 5.32 Å². The van der Waals surface area contributed by atoms with Gasteiger partial charge in [0.15, 0.2) is 17.3 Å². The van der Waals surface area contributed by atoms with Crippen molar-refractivity contribution in [3.8, 4) is 0 Å². The maximum absolute atomic E-state index is 15.1. The van der Waals surface area contributed by atoms with Crippen LogP contribution >= 0.6 is 0 Å². The van der Waals surface area contributed by atoms with Gasteiger partial charge in [-0.15, -0.1) is 0 Å². The first-order chi connectivity index (χ1) is 28.4. The summed E-state index contributed by atoms with van der Waals surface area (Å²) in [6.45, 7) is 11.7. The van der Waals surface area contributed by atoms with E-state index >= 15 is 4.79 Å². The van der Waals surface area contributed by atoms with E-state index in [1.807, 2.05) is 0 Å². The molecule has 1 amide bonds. The SMILES string of the molecule is COC(=O)[C@@H](C(=O)O[C@H]1C[C@@]2(O)[C@@H](OC(=O)c3ccccc3)[C@H]3[C@](C)(C(=O)[C@H](O)C(=C1C)C2(C)C)[C@@H](O)CC1OC[C@]13OC(C)=O)[C@H](NC(=O)OC(C)(C)C)c1ccccc1. The van der Waals surface area contributed by atoms with Gasteiger partial charge in [0.1, 0.15) is 35.6 Å². The van der Waals surface area contributed by atoms with Crippen molar-refractivity contribution in [2.75, 3.05) is 13.7 Å². The number of methoxy groups -OCH3 is 1. The molecule has 1 aliphatic heterocycles. The lowest BCUT2D eigenvalue weighted by Crippen LogP contribution is -2.81. The maximum atomic E-state index is 15.1. The number of amides is 1. The molecule has 1 heterocycles. The van der Waals surface area contributed by atoms with Crippen LogP contribution in [-0.4, -0.2) is 112 Å². The van der Waals surface area contributed by atoms with Crippen LogP contribution in [0.4, 0.5) is 4.79 Å². The first-order valence-corrected chi connectivity index (χ1v) is 20.2. The van der Waals surface area contributed by atoms with E-state index in [4.69, 9.17) is 28.4 Å². The smallest absolute Gasteiger partial charge is 0.408 e. The molecule has 2 aromatic carbocycles. The number of Topliss-reactive ketones (excluding diaryl/α,β-unsaturated/α-hetero) is 1. The Hall–Kier alpha value is -5.16. The molecule has 1 unspecified atom stereocenters. The summed E-state index contributed by atoms with van der Waals surface area (Å²) in [6.07, 6.45) is -9.70. The van der Waals surface area contributed by atoms with Gasteiger partial charge in [-0.1, -0.05) is 62.4 Å². The van der Waals surface area contributed by atoms with Crippen molar-refractivity contribution in [2.45, 2.75) is 122 Å². The number of rotatable bonds is 9. The van der Waals surface area contributed by atoms with Gasteiger partial charge in [-0.05, 0) is 63.5 Å². The predicted molar refractivity (Wildman–Crippen MR) is 213 cm³/mol. The molecule has 0 radical (unpaired) electrons. The van der Waals surface area contributed by atoms with Crippen LogP contribution in [0, 0.1) is 22.7 Å². The highest BCUT2D eigenvalue weighted by Crippen LogP contribution is 2.64. The Kier molecular flexibility index (Phi) is 12.1. The Morgan fingerprint density at radius 3 is 2.07 bits per heavy atom. The van der Waals surface area contributed by atoms with Gasteiger partial charge in [0.25, 0.3) is 0 Å². The molecule has 4 aliphatic rings. The fourth-order valence-corrected chi connectivity index (χ4v) is 9.94. The second-order valence-electron chi connectivity index (χ2n) is 18.1. The lowest BCUT2D eigenvalue weighted by molar-refractivity contribution is -0.346. The molecule has 61 heavy (non-hydrogen) atoms. The minimum absolute atomic E-state index is 0.0643. The van der Waals surface area contributed by atoms with Crippen molar-refractivity contribution < 1.29 is 72.5 Å². The van der Waals surface area contributed by atoms with Crippen molar-refractivity contribution in [3.63, 3.8) is 0 Å². The number of fused-ring (bicyclic) bond motifs is 5. The average Bonchev–Trinajstić information content (AvgIpc) is 3.18. The molecule has 2 bridgehead atoms. The highest BCUT2D eigenvalue weighted by Gasteiger charge is 2.78. The van der Waals surface area contributed by atoms with Crippen molar-refractivity contribution >= 4 is 35.8 Å². The number of aliphatic hydroxyl groups excluding tert-OH is 2. The number of ether oxygens (including phenoxy) is 6. The number of carbonyl (C=O) groups is 6. The number of ketones is 1. The minimum Gasteiger partial charge on any atom is -0.468 e. The Morgan fingerprint density at radius 2 is 1.52 bits per heavy atom. The monoisotopic (exact) mass is 849 g/mol. The fraction of sp³-hybridized carbons (Fsp3) is 0.556. The molecular formula is C45H55NO15. The Labute approximate surface area is 353 Å². The third-order valence-corrected chi connectivity index (χ3v) is 13.1. The van der Waals surface area contributed by atoms with Crippen LogP contribution in [-0.2, 0) is 47.6 Å². The van der Waals surface area contributed by atoms with Gasteiger partial charge in [0.05, 0.1) is 42.8 Å². The zero-order valence-corrected chi connectivity index (χ0v) is 35.8. The largest absolute Gasteiger partial charge is 0.468 e. The van der Waals surface area contributed by atoms with E-state index in [0.717, 1.165) is 14.0 Å². The quantitative estimate of drug-likeness (QED) is 0.122. The van der Waals surface area contributed by atoms with Crippen LogP contribution in [0.1, 0.15) is 90.2 Å². The van der Waals surface area contributed by atoms with Gasteiger partial charge in [-0.3, -0.25) is 19.2 Å². The number of nitrogens with one attached hydrogen (secondary N) is 1. The molecule has 16 heteroatoms. The van der Waals surface area contributed by atoms with Crippen molar-refractivity contribution in [1.29, 1.82) is 0 Å². The molecule has 2 saturated carbocycles. The van der Waals surface area contributed by atoms with Crippen LogP contribution < -0.4 is 5.32 Å². The molecule has 1 saturated heterocycles. The highest BCUT2D eigenvalue weighted by atomic mass is 16.6. The number of esters is 4.